The number of amides is 1. The minimum atomic E-state index is 0.0943. The average molecular weight is 367 g/mol. The van der Waals surface area contributed by atoms with Gasteiger partial charge in [-0.1, -0.05) is 35.8 Å². The van der Waals surface area contributed by atoms with Crippen LogP contribution in [-0.2, 0) is 0 Å². The van der Waals surface area contributed by atoms with E-state index in [1.54, 1.807) is 0 Å². The Morgan fingerprint density at radius 1 is 1.48 bits per heavy atom. The van der Waals surface area contributed by atoms with Crippen molar-refractivity contribution in [1.29, 1.82) is 0 Å². The molecule has 1 fully saturated rings. The molecule has 2 heterocycles. The highest BCUT2D eigenvalue weighted by atomic mass is 79.9. The molecule has 3 rings (SSSR count). The smallest absolute Gasteiger partial charge is 0.266 e. The first-order valence-corrected chi connectivity index (χ1v) is 8.89. The van der Waals surface area contributed by atoms with Gasteiger partial charge in [-0.05, 0) is 30.9 Å². The number of nitrogens with zero attached hydrogens (tertiary/aromatic N) is 1. The summed E-state index contributed by atoms with van der Waals surface area (Å²) in [6.07, 6.45) is 2.18. The molecule has 1 saturated heterocycles. The van der Waals surface area contributed by atoms with Crippen molar-refractivity contribution in [3.63, 3.8) is 0 Å². The number of carbonyl (C=O) groups is 1. The van der Waals surface area contributed by atoms with E-state index in [-0.39, 0.29) is 5.91 Å². The molecular formula is C16H19BrN2OS. The fourth-order valence-corrected chi connectivity index (χ4v) is 4.97. The van der Waals surface area contributed by atoms with Crippen LogP contribution in [0.1, 0.15) is 36.4 Å². The van der Waals surface area contributed by atoms with Gasteiger partial charge in [0.05, 0.1) is 5.69 Å². The van der Waals surface area contributed by atoms with E-state index < -0.39 is 0 Å². The molecule has 3 nitrogen and oxygen atoms in total. The first-order chi connectivity index (χ1) is 10.0. The summed E-state index contributed by atoms with van der Waals surface area (Å²) in [5, 5.41) is 0.964. The lowest BCUT2D eigenvalue weighted by atomic mass is 10.0. The summed E-state index contributed by atoms with van der Waals surface area (Å²) < 4.78 is 2.01. The number of hydrogen-bond acceptors (Lipinski definition) is 3. The number of hydrogen-bond donors (Lipinski definition) is 1. The molecule has 112 valence electrons. The molecule has 0 aliphatic carbocycles. The topological polar surface area (TPSA) is 46.3 Å². The molecule has 1 atom stereocenters. The van der Waals surface area contributed by atoms with Gasteiger partial charge >= 0.3 is 0 Å². The van der Waals surface area contributed by atoms with Gasteiger partial charge in [0.15, 0.2) is 0 Å². The first kappa shape index (κ1) is 14.9. The third-order valence-corrected chi connectivity index (χ3v) is 6.04. The van der Waals surface area contributed by atoms with Crippen molar-refractivity contribution in [3.8, 4) is 0 Å². The number of thiophene rings is 1. The van der Waals surface area contributed by atoms with Crippen molar-refractivity contribution in [2.24, 2.45) is 5.92 Å². The minimum absolute atomic E-state index is 0.0943. The maximum atomic E-state index is 12.9. The summed E-state index contributed by atoms with van der Waals surface area (Å²) in [5.74, 6) is 0.579. The van der Waals surface area contributed by atoms with Crippen LogP contribution in [0.5, 0.6) is 0 Å². The van der Waals surface area contributed by atoms with Gasteiger partial charge in [0.1, 0.15) is 4.88 Å². The molecule has 1 amide bonds. The first-order valence-electron chi connectivity index (χ1n) is 7.28. The van der Waals surface area contributed by atoms with Gasteiger partial charge in [-0.15, -0.1) is 11.3 Å². The zero-order valence-electron chi connectivity index (χ0n) is 12.2. The number of nitrogen functional groups attached to an aromatic ring is 1. The van der Waals surface area contributed by atoms with Gasteiger partial charge < -0.3 is 10.6 Å². The van der Waals surface area contributed by atoms with E-state index in [2.05, 4.69) is 29.8 Å². The molecular weight excluding hydrogens is 348 g/mol. The fourth-order valence-electron chi connectivity index (χ4n) is 3.16. The average Bonchev–Trinajstić information content (AvgIpc) is 3.04. The van der Waals surface area contributed by atoms with Gasteiger partial charge in [-0.25, -0.2) is 0 Å². The lowest BCUT2D eigenvalue weighted by molar-refractivity contribution is 0.0707. The number of anilines is 1. The molecule has 1 aromatic heterocycles. The van der Waals surface area contributed by atoms with Gasteiger partial charge in [0.25, 0.3) is 5.91 Å². The van der Waals surface area contributed by atoms with Crippen molar-refractivity contribution in [2.75, 3.05) is 12.3 Å². The number of likely N-dealkylation sites (tertiary alicyclic amines) is 1. The zero-order valence-corrected chi connectivity index (χ0v) is 14.6. The Morgan fingerprint density at radius 3 is 2.90 bits per heavy atom. The van der Waals surface area contributed by atoms with Crippen LogP contribution in [0.3, 0.4) is 0 Å². The van der Waals surface area contributed by atoms with E-state index in [0.717, 1.165) is 33.9 Å². The van der Waals surface area contributed by atoms with E-state index >= 15 is 0 Å². The Labute approximate surface area is 137 Å². The van der Waals surface area contributed by atoms with E-state index in [1.165, 1.54) is 11.3 Å². The number of halogens is 1. The van der Waals surface area contributed by atoms with Crippen molar-refractivity contribution in [2.45, 2.75) is 32.7 Å². The Hall–Kier alpha value is -1.07. The summed E-state index contributed by atoms with van der Waals surface area (Å²) in [5.41, 5.74) is 6.88. The Bertz CT molecular complexity index is 695. The predicted molar refractivity (Wildman–Crippen MR) is 92.8 cm³/mol. The van der Waals surface area contributed by atoms with E-state index in [1.807, 2.05) is 23.1 Å². The lowest BCUT2D eigenvalue weighted by Gasteiger charge is -2.27. The SMILES string of the molecule is CC(C)C1CCCN1C(=O)c1sc2cccc(Br)c2c1N. The van der Waals surface area contributed by atoms with Crippen LogP contribution < -0.4 is 5.73 Å². The number of benzene rings is 1. The number of nitrogens with two attached hydrogens (primary N) is 1. The highest BCUT2D eigenvalue weighted by molar-refractivity contribution is 9.10. The minimum Gasteiger partial charge on any atom is -0.397 e. The quantitative estimate of drug-likeness (QED) is 0.849. The molecule has 1 aliphatic heterocycles. The molecule has 0 saturated carbocycles. The molecule has 1 unspecified atom stereocenters. The standard InChI is InChI=1S/C16H19BrN2OS/c1-9(2)11-6-4-8-19(11)16(20)15-14(18)13-10(17)5-3-7-12(13)21-15/h3,5,7,9,11H,4,6,8,18H2,1-2H3. The Morgan fingerprint density at radius 2 is 2.24 bits per heavy atom. The highest BCUT2D eigenvalue weighted by Crippen LogP contribution is 2.39. The molecule has 1 aromatic carbocycles. The van der Waals surface area contributed by atoms with Crippen molar-refractivity contribution < 1.29 is 4.79 Å². The molecule has 0 radical (unpaired) electrons. The fraction of sp³-hybridized carbons (Fsp3) is 0.438. The molecule has 21 heavy (non-hydrogen) atoms. The number of fused-ring (bicyclic) bond motifs is 1. The van der Waals surface area contributed by atoms with Crippen LogP contribution >= 0.6 is 27.3 Å². The van der Waals surface area contributed by atoms with Gasteiger partial charge in [0, 0.05) is 27.1 Å². The summed E-state index contributed by atoms with van der Waals surface area (Å²) in [6.45, 7) is 5.21. The molecule has 2 aromatic rings. The van der Waals surface area contributed by atoms with Crippen LogP contribution in [-0.4, -0.2) is 23.4 Å². The second-order valence-electron chi connectivity index (χ2n) is 5.91. The molecule has 1 aliphatic rings. The summed E-state index contributed by atoms with van der Waals surface area (Å²) >= 11 is 5.03. The summed E-state index contributed by atoms with van der Waals surface area (Å²) in [7, 11) is 0. The number of rotatable bonds is 2. The van der Waals surface area contributed by atoms with Crippen LogP contribution in [0.15, 0.2) is 22.7 Å². The molecule has 5 heteroatoms. The monoisotopic (exact) mass is 366 g/mol. The van der Waals surface area contributed by atoms with E-state index in [4.69, 9.17) is 5.73 Å². The van der Waals surface area contributed by atoms with Crippen molar-refractivity contribution in [1.82, 2.24) is 4.90 Å². The third kappa shape index (κ3) is 2.46. The number of carbonyl (C=O) groups excluding carboxylic acids is 1. The summed E-state index contributed by atoms with van der Waals surface area (Å²) in [4.78, 5) is 15.6. The van der Waals surface area contributed by atoms with Crippen LogP contribution in [0, 0.1) is 5.92 Å². The normalized spacial score (nSPS) is 18.9. The third-order valence-electron chi connectivity index (χ3n) is 4.23. The lowest BCUT2D eigenvalue weighted by Crippen LogP contribution is -2.38. The van der Waals surface area contributed by atoms with Crippen molar-refractivity contribution in [3.05, 3.63) is 27.5 Å². The van der Waals surface area contributed by atoms with Crippen LogP contribution in [0.25, 0.3) is 10.1 Å². The predicted octanol–water partition coefficient (Wildman–Crippen LogP) is 4.51. The van der Waals surface area contributed by atoms with E-state index in [0.29, 0.717) is 22.5 Å². The van der Waals surface area contributed by atoms with Gasteiger partial charge in [-0.3, -0.25) is 4.79 Å². The zero-order chi connectivity index (χ0) is 15.1. The highest BCUT2D eigenvalue weighted by Gasteiger charge is 2.33. The van der Waals surface area contributed by atoms with Crippen molar-refractivity contribution >= 4 is 48.9 Å². The molecule has 0 bridgehead atoms. The van der Waals surface area contributed by atoms with Crippen LogP contribution in [0.4, 0.5) is 5.69 Å². The maximum absolute atomic E-state index is 12.9. The molecule has 0 spiro atoms. The second kappa shape index (κ2) is 5.61. The summed E-state index contributed by atoms with van der Waals surface area (Å²) in [6, 6.07) is 6.29. The van der Waals surface area contributed by atoms with Crippen LogP contribution in [0.2, 0.25) is 0 Å². The van der Waals surface area contributed by atoms with Gasteiger partial charge in [0.2, 0.25) is 0 Å². The Balaban J connectivity index is 2.02. The largest absolute Gasteiger partial charge is 0.397 e. The van der Waals surface area contributed by atoms with E-state index in [9.17, 15) is 4.79 Å². The molecule has 2 N–H and O–H groups in total. The van der Waals surface area contributed by atoms with Gasteiger partial charge in [-0.2, -0.15) is 0 Å². The second-order valence-corrected chi connectivity index (χ2v) is 7.82. The Kier molecular flexibility index (Phi) is 3.97. The maximum Gasteiger partial charge on any atom is 0.266 e.